The van der Waals surface area contributed by atoms with Crippen molar-refractivity contribution in [3.05, 3.63) is 64.2 Å². The zero-order valence-electron chi connectivity index (χ0n) is 10.3. The maximum atomic E-state index is 11.1. The van der Waals surface area contributed by atoms with Crippen LogP contribution in [0.25, 0.3) is 0 Å². The fraction of sp³-hybridized carbons (Fsp3) is 0.0714. The number of anilines is 2. The topological polar surface area (TPSA) is 63.4 Å². The maximum absolute atomic E-state index is 11.1. The van der Waals surface area contributed by atoms with E-state index in [0.29, 0.717) is 17.5 Å². The molecule has 0 aliphatic carbocycles. The van der Waals surface area contributed by atoms with Crippen LogP contribution in [0.3, 0.4) is 0 Å². The molecule has 96 valence electrons. The van der Waals surface area contributed by atoms with Gasteiger partial charge in [-0.15, -0.1) is 0 Å². The van der Waals surface area contributed by atoms with Crippen LogP contribution in [-0.4, -0.2) is 18.3 Å². The van der Waals surface area contributed by atoms with Gasteiger partial charge in [-0.2, -0.15) is 0 Å². The number of hydrogen-bond acceptors (Lipinski definition) is 4. The van der Waals surface area contributed by atoms with Crippen LogP contribution in [0.4, 0.5) is 17.1 Å². The predicted octanol–water partition coefficient (Wildman–Crippen LogP) is 3.18. The van der Waals surface area contributed by atoms with Gasteiger partial charge in [0.1, 0.15) is 0 Å². The van der Waals surface area contributed by atoms with E-state index >= 15 is 0 Å². The van der Waals surface area contributed by atoms with Crippen LogP contribution in [0.2, 0.25) is 0 Å². The molecule has 0 spiro atoms. The van der Waals surface area contributed by atoms with Gasteiger partial charge in [0, 0.05) is 30.4 Å². The number of para-hydroxylation sites is 1. The van der Waals surface area contributed by atoms with E-state index in [1.54, 1.807) is 6.07 Å². The molecule has 0 fully saturated rings. The van der Waals surface area contributed by atoms with Crippen molar-refractivity contribution in [1.82, 2.24) is 0 Å². The molecule has 0 saturated carbocycles. The lowest BCUT2D eigenvalue weighted by Crippen LogP contribution is -2.11. The second-order valence-electron chi connectivity index (χ2n) is 4.01. The first-order chi connectivity index (χ1) is 9.13. The monoisotopic (exact) mass is 256 g/mol. The van der Waals surface area contributed by atoms with Crippen LogP contribution in [0, 0.1) is 10.1 Å². The van der Waals surface area contributed by atoms with Crippen molar-refractivity contribution in [1.29, 1.82) is 0 Å². The van der Waals surface area contributed by atoms with E-state index < -0.39 is 4.92 Å². The average Bonchev–Trinajstić information content (AvgIpc) is 2.46. The van der Waals surface area contributed by atoms with Crippen molar-refractivity contribution >= 4 is 23.3 Å². The van der Waals surface area contributed by atoms with Gasteiger partial charge in [0.2, 0.25) is 0 Å². The Morgan fingerprint density at radius 2 is 1.84 bits per heavy atom. The molecule has 0 aliphatic heterocycles. The van der Waals surface area contributed by atoms with Crippen molar-refractivity contribution in [2.45, 2.75) is 0 Å². The Bertz CT molecular complexity index is 611. The average molecular weight is 256 g/mol. The van der Waals surface area contributed by atoms with E-state index in [2.05, 4.69) is 0 Å². The van der Waals surface area contributed by atoms with E-state index in [9.17, 15) is 14.9 Å². The number of nitro benzene ring substituents is 1. The van der Waals surface area contributed by atoms with Gasteiger partial charge < -0.3 is 4.90 Å². The summed E-state index contributed by atoms with van der Waals surface area (Å²) in [5.41, 5.74) is 1.74. The van der Waals surface area contributed by atoms with E-state index in [1.165, 1.54) is 12.1 Å². The summed E-state index contributed by atoms with van der Waals surface area (Å²) in [6, 6.07) is 13.7. The molecule has 0 heterocycles. The van der Waals surface area contributed by atoms with E-state index in [1.807, 2.05) is 42.3 Å². The lowest BCUT2D eigenvalue weighted by molar-refractivity contribution is -0.384. The van der Waals surface area contributed by atoms with Crippen LogP contribution >= 0.6 is 0 Å². The highest BCUT2D eigenvalue weighted by atomic mass is 16.6. The summed E-state index contributed by atoms with van der Waals surface area (Å²) in [6.45, 7) is 0. The highest BCUT2D eigenvalue weighted by Crippen LogP contribution is 2.28. The quantitative estimate of drug-likeness (QED) is 0.479. The van der Waals surface area contributed by atoms with Crippen LogP contribution in [0.5, 0.6) is 0 Å². The molecule has 0 aromatic heterocycles. The molecule has 2 aromatic rings. The summed E-state index contributed by atoms with van der Waals surface area (Å²) in [7, 11) is 1.81. The van der Waals surface area contributed by atoms with Crippen LogP contribution in [0.15, 0.2) is 48.5 Å². The standard InChI is InChI=1S/C14H12N2O3/c1-15(12-5-3-2-4-6-12)14-8-7-13(16(18)19)9-11(14)10-17/h2-10H,1H3. The molecule has 0 bridgehead atoms. The highest BCUT2D eigenvalue weighted by Gasteiger charge is 2.13. The minimum absolute atomic E-state index is 0.0905. The molecule has 2 aromatic carbocycles. The fourth-order valence-corrected chi connectivity index (χ4v) is 1.85. The molecule has 0 saturated heterocycles. The van der Waals surface area contributed by atoms with Crippen molar-refractivity contribution < 1.29 is 9.72 Å². The maximum Gasteiger partial charge on any atom is 0.270 e. The third kappa shape index (κ3) is 2.60. The van der Waals surface area contributed by atoms with Gasteiger partial charge in [-0.25, -0.2) is 0 Å². The van der Waals surface area contributed by atoms with Gasteiger partial charge >= 0.3 is 0 Å². The normalized spacial score (nSPS) is 9.95. The molecule has 5 heteroatoms. The first-order valence-corrected chi connectivity index (χ1v) is 5.66. The Balaban J connectivity index is 2.45. The number of carbonyl (C=O) groups excluding carboxylic acids is 1. The highest BCUT2D eigenvalue weighted by molar-refractivity contribution is 5.87. The molecule has 0 atom stereocenters. The third-order valence-corrected chi connectivity index (χ3v) is 2.85. The Kier molecular flexibility index (Phi) is 3.56. The Morgan fingerprint density at radius 1 is 1.16 bits per heavy atom. The van der Waals surface area contributed by atoms with Crippen molar-refractivity contribution in [2.75, 3.05) is 11.9 Å². The Morgan fingerprint density at radius 3 is 2.42 bits per heavy atom. The molecule has 2 rings (SSSR count). The van der Waals surface area contributed by atoms with Gasteiger partial charge in [0.05, 0.1) is 10.6 Å². The minimum atomic E-state index is -0.515. The molecular formula is C14H12N2O3. The Hall–Kier alpha value is -2.69. The molecule has 19 heavy (non-hydrogen) atoms. The summed E-state index contributed by atoms with van der Waals surface area (Å²) in [4.78, 5) is 23.1. The minimum Gasteiger partial charge on any atom is -0.344 e. The van der Waals surface area contributed by atoms with Crippen LogP contribution in [-0.2, 0) is 0 Å². The second-order valence-corrected chi connectivity index (χ2v) is 4.01. The van der Waals surface area contributed by atoms with Gasteiger partial charge in [-0.05, 0) is 18.2 Å². The first kappa shape index (κ1) is 12.8. The van der Waals surface area contributed by atoms with E-state index in [-0.39, 0.29) is 5.69 Å². The van der Waals surface area contributed by atoms with Crippen LogP contribution in [0.1, 0.15) is 10.4 Å². The number of rotatable bonds is 4. The van der Waals surface area contributed by atoms with Crippen LogP contribution < -0.4 is 4.90 Å². The van der Waals surface area contributed by atoms with E-state index in [0.717, 1.165) is 5.69 Å². The fourth-order valence-electron chi connectivity index (χ4n) is 1.85. The first-order valence-electron chi connectivity index (χ1n) is 5.66. The van der Waals surface area contributed by atoms with Crippen molar-refractivity contribution in [3.8, 4) is 0 Å². The molecule has 0 amide bonds. The molecule has 0 N–H and O–H groups in total. The lowest BCUT2D eigenvalue weighted by Gasteiger charge is -2.20. The number of carbonyl (C=O) groups is 1. The summed E-state index contributed by atoms with van der Waals surface area (Å²) >= 11 is 0. The summed E-state index contributed by atoms with van der Waals surface area (Å²) < 4.78 is 0. The molecule has 5 nitrogen and oxygen atoms in total. The third-order valence-electron chi connectivity index (χ3n) is 2.85. The molecular weight excluding hydrogens is 244 g/mol. The summed E-state index contributed by atoms with van der Waals surface area (Å²) in [5, 5.41) is 10.7. The zero-order chi connectivity index (χ0) is 13.8. The number of hydrogen-bond donors (Lipinski definition) is 0. The number of benzene rings is 2. The number of aldehydes is 1. The van der Waals surface area contributed by atoms with Gasteiger partial charge in [0.25, 0.3) is 5.69 Å². The molecule has 0 aliphatic rings. The zero-order valence-corrected chi connectivity index (χ0v) is 10.3. The second kappa shape index (κ2) is 5.30. The molecule has 0 unspecified atom stereocenters. The van der Waals surface area contributed by atoms with Gasteiger partial charge in [-0.1, -0.05) is 18.2 Å². The Labute approximate surface area is 110 Å². The predicted molar refractivity (Wildman–Crippen MR) is 73.0 cm³/mol. The number of nitro groups is 1. The SMILES string of the molecule is CN(c1ccccc1)c1ccc([N+](=O)[O-])cc1C=O. The van der Waals surface area contributed by atoms with Gasteiger partial charge in [-0.3, -0.25) is 14.9 Å². The number of nitrogens with zero attached hydrogens (tertiary/aromatic N) is 2. The van der Waals surface area contributed by atoms with Crippen molar-refractivity contribution in [3.63, 3.8) is 0 Å². The smallest absolute Gasteiger partial charge is 0.270 e. The van der Waals surface area contributed by atoms with Crippen molar-refractivity contribution in [2.24, 2.45) is 0 Å². The molecule has 0 radical (unpaired) electrons. The summed E-state index contributed by atoms with van der Waals surface area (Å²) in [6.07, 6.45) is 0.627. The van der Waals surface area contributed by atoms with Gasteiger partial charge in [0.15, 0.2) is 6.29 Å². The lowest BCUT2D eigenvalue weighted by atomic mass is 10.1. The largest absolute Gasteiger partial charge is 0.344 e. The number of non-ortho nitro benzene ring substituents is 1. The van der Waals surface area contributed by atoms with E-state index in [4.69, 9.17) is 0 Å². The summed E-state index contributed by atoms with van der Waals surface area (Å²) in [5.74, 6) is 0.